The molecule has 104 valence electrons. The molecule has 3 nitrogen and oxygen atoms in total. The van der Waals surface area contributed by atoms with E-state index < -0.39 is 0 Å². The molecule has 0 aliphatic heterocycles. The number of hydrogen-bond donors (Lipinski definition) is 1. The number of nitrogens with one attached hydrogen (secondary N) is 1. The molecule has 1 atom stereocenters. The summed E-state index contributed by atoms with van der Waals surface area (Å²) in [5.74, 6) is 1.43. The van der Waals surface area contributed by atoms with E-state index in [1.54, 1.807) is 0 Å². The van der Waals surface area contributed by atoms with Gasteiger partial charge in [0.15, 0.2) is 0 Å². The van der Waals surface area contributed by atoms with Crippen molar-refractivity contribution in [2.45, 2.75) is 33.7 Å². The summed E-state index contributed by atoms with van der Waals surface area (Å²) in [6, 6.07) is 0.641. The summed E-state index contributed by atoms with van der Waals surface area (Å²) in [4.78, 5) is 4.91. The zero-order chi connectivity index (χ0) is 13.4. The lowest BCUT2D eigenvalue weighted by molar-refractivity contribution is 0.126. The molecule has 0 aromatic heterocycles. The van der Waals surface area contributed by atoms with Gasteiger partial charge in [-0.1, -0.05) is 27.7 Å². The van der Waals surface area contributed by atoms with Crippen LogP contribution in [-0.2, 0) is 0 Å². The molecule has 0 aliphatic carbocycles. The highest BCUT2D eigenvalue weighted by Gasteiger charge is 2.21. The van der Waals surface area contributed by atoms with Crippen molar-refractivity contribution in [1.82, 2.24) is 15.1 Å². The minimum absolute atomic E-state index is 0.641. The minimum Gasteiger partial charge on any atom is -0.318 e. The Morgan fingerprint density at radius 2 is 1.59 bits per heavy atom. The van der Waals surface area contributed by atoms with Crippen molar-refractivity contribution in [3.63, 3.8) is 0 Å². The van der Waals surface area contributed by atoms with Gasteiger partial charge in [-0.3, -0.25) is 4.90 Å². The van der Waals surface area contributed by atoms with E-state index in [1.165, 1.54) is 6.54 Å². The topological polar surface area (TPSA) is 18.5 Å². The third kappa shape index (κ3) is 7.74. The molecule has 17 heavy (non-hydrogen) atoms. The van der Waals surface area contributed by atoms with Gasteiger partial charge in [0, 0.05) is 32.2 Å². The molecule has 0 saturated heterocycles. The second-order valence-electron chi connectivity index (χ2n) is 6.06. The molecule has 1 unspecified atom stereocenters. The number of rotatable bonds is 9. The van der Waals surface area contributed by atoms with Crippen LogP contribution in [0.3, 0.4) is 0 Å². The maximum atomic E-state index is 3.34. The van der Waals surface area contributed by atoms with Gasteiger partial charge in [-0.15, -0.1) is 0 Å². The summed E-state index contributed by atoms with van der Waals surface area (Å²) in [5.41, 5.74) is 0. The van der Waals surface area contributed by atoms with E-state index in [2.05, 4.69) is 64.0 Å². The van der Waals surface area contributed by atoms with Gasteiger partial charge in [-0.05, 0) is 33.0 Å². The van der Waals surface area contributed by atoms with Gasteiger partial charge < -0.3 is 10.2 Å². The van der Waals surface area contributed by atoms with E-state index >= 15 is 0 Å². The minimum atomic E-state index is 0.641. The molecule has 0 rings (SSSR count). The van der Waals surface area contributed by atoms with Gasteiger partial charge in [0.2, 0.25) is 0 Å². The third-order valence-electron chi connectivity index (χ3n) is 3.09. The van der Waals surface area contributed by atoms with Crippen LogP contribution in [0.25, 0.3) is 0 Å². The SMILES string of the molecule is CNCC(C(C)C)N(CCN(C)C)CC(C)C. The van der Waals surface area contributed by atoms with Crippen LogP contribution in [0.2, 0.25) is 0 Å². The van der Waals surface area contributed by atoms with Crippen LogP contribution in [0.15, 0.2) is 0 Å². The molecule has 0 saturated carbocycles. The molecule has 0 radical (unpaired) electrons. The van der Waals surface area contributed by atoms with E-state index in [0.29, 0.717) is 12.0 Å². The second kappa shape index (κ2) is 8.90. The molecule has 0 aromatic rings. The summed E-state index contributed by atoms with van der Waals surface area (Å²) in [5, 5.41) is 3.34. The van der Waals surface area contributed by atoms with Crippen molar-refractivity contribution in [3.05, 3.63) is 0 Å². The summed E-state index contributed by atoms with van der Waals surface area (Å²) in [6.45, 7) is 13.8. The van der Waals surface area contributed by atoms with Crippen molar-refractivity contribution in [2.24, 2.45) is 11.8 Å². The van der Waals surface area contributed by atoms with E-state index in [0.717, 1.165) is 25.6 Å². The van der Waals surface area contributed by atoms with Gasteiger partial charge in [-0.2, -0.15) is 0 Å². The summed E-state index contributed by atoms with van der Waals surface area (Å²) in [6.07, 6.45) is 0. The highest BCUT2D eigenvalue weighted by Crippen LogP contribution is 2.12. The van der Waals surface area contributed by atoms with Crippen LogP contribution >= 0.6 is 0 Å². The van der Waals surface area contributed by atoms with Crippen LogP contribution in [0.5, 0.6) is 0 Å². The smallest absolute Gasteiger partial charge is 0.0244 e. The average molecular weight is 243 g/mol. The first kappa shape index (κ1) is 16.9. The first-order valence-corrected chi connectivity index (χ1v) is 6.91. The first-order valence-electron chi connectivity index (χ1n) is 6.91. The summed E-state index contributed by atoms with van der Waals surface area (Å²) >= 11 is 0. The fourth-order valence-corrected chi connectivity index (χ4v) is 2.19. The van der Waals surface area contributed by atoms with Gasteiger partial charge in [-0.25, -0.2) is 0 Å². The molecule has 0 amide bonds. The molecule has 3 heteroatoms. The fourth-order valence-electron chi connectivity index (χ4n) is 2.19. The lowest BCUT2D eigenvalue weighted by Crippen LogP contribution is -2.48. The van der Waals surface area contributed by atoms with E-state index in [-0.39, 0.29) is 0 Å². The van der Waals surface area contributed by atoms with Gasteiger partial charge in [0.1, 0.15) is 0 Å². The first-order chi connectivity index (χ1) is 7.88. The Hall–Kier alpha value is -0.120. The Labute approximate surface area is 109 Å². The highest BCUT2D eigenvalue weighted by atomic mass is 15.2. The summed E-state index contributed by atoms with van der Waals surface area (Å²) in [7, 11) is 6.35. The molecule has 0 spiro atoms. The number of nitrogens with zero attached hydrogens (tertiary/aromatic N) is 2. The molecule has 0 fully saturated rings. The lowest BCUT2D eigenvalue weighted by Gasteiger charge is -2.36. The maximum absolute atomic E-state index is 3.34. The second-order valence-corrected chi connectivity index (χ2v) is 6.06. The highest BCUT2D eigenvalue weighted by molar-refractivity contribution is 4.78. The molecule has 1 N–H and O–H groups in total. The standard InChI is InChI=1S/C14H33N3/c1-12(2)11-17(9-8-16(6)7)14(10-15-5)13(3)4/h12-15H,8-11H2,1-7H3. The van der Waals surface area contributed by atoms with E-state index in [1.807, 2.05) is 0 Å². The van der Waals surface area contributed by atoms with Crippen LogP contribution in [0, 0.1) is 11.8 Å². The van der Waals surface area contributed by atoms with Crippen molar-refractivity contribution < 1.29 is 0 Å². The van der Waals surface area contributed by atoms with Crippen molar-refractivity contribution >= 4 is 0 Å². The maximum Gasteiger partial charge on any atom is 0.0244 e. The van der Waals surface area contributed by atoms with Crippen molar-refractivity contribution in [3.8, 4) is 0 Å². The number of hydrogen-bond acceptors (Lipinski definition) is 3. The Morgan fingerprint density at radius 3 is 1.94 bits per heavy atom. The molecule has 0 bridgehead atoms. The largest absolute Gasteiger partial charge is 0.318 e. The van der Waals surface area contributed by atoms with Gasteiger partial charge in [0.25, 0.3) is 0 Å². The molecular weight excluding hydrogens is 210 g/mol. The molecule has 0 aliphatic rings. The molecule has 0 heterocycles. The predicted molar refractivity (Wildman–Crippen MR) is 77.5 cm³/mol. The van der Waals surface area contributed by atoms with Crippen LogP contribution in [0.1, 0.15) is 27.7 Å². The van der Waals surface area contributed by atoms with Gasteiger partial charge in [0.05, 0.1) is 0 Å². The Bertz CT molecular complexity index is 178. The molecular formula is C14H33N3. The average Bonchev–Trinajstić information content (AvgIpc) is 2.20. The van der Waals surface area contributed by atoms with Crippen molar-refractivity contribution in [2.75, 3.05) is 47.3 Å². The predicted octanol–water partition coefficient (Wildman–Crippen LogP) is 1.75. The van der Waals surface area contributed by atoms with E-state index in [9.17, 15) is 0 Å². The Morgan fingerprint density at radius 1 is 1.00 bits per heavy atom. The zero-order valence-corrected chi connectivity index (χ0v) is 13.0. The quantitative estimate of drug-likeness (QED) is 0.665. The summed E-state index contributed by atoms with van der Waals surface area (Å²) < 4.78 is 0. The normalized spacial score (nSPS) is 14.3. The van der Waals surface area contributed by atoms with Crippen molar-refractivity contribution in [1.29, 1.82) is 0 Å². The molecule has 0 aromatic carbocycles. The van der Waals surface area contributed by atoms with E-state index in [4.69, 9.17) is 0 Å². The number of likely N-dealkylation sites (N-methyl/N-ethyl adjacent to an activating group) is 2. The van der Waals surface area contributed by atoms with Crippen LogP contribution in [-0.4, -0.2) is 63.2 Å². The monoisotopic (exact) mass is 243 g/mol. The van der Waals surface area contributed by atoms with Gasteiger partial charge >= 0.3 is 0 Å². The lowest BCUT2D eigenvalue weighted by atomic mass is 10.0. The Kier molecular flexibility index (Phi) is 8.83. The zero-order valence-electron chi connectivity index (χ0n) is 13.0. The fraction of sp³-hybridized carbons (Fsp3) is 1.00. The third-order valence-corrected chi connectivity index (χ3v) is 3.09. The van der Waals surface area contributed by atoms with Crippen LogP contribution < -0.4 is 5.32 Å². The van der Waals surface area contributed by atoms with Crippen LogP contribution in [0.4, 0.5) is 0 Å². The Balaban J connectivity index is 4.48.